The number of alkyl halides is 3. The van der Waals surface area contributed by atoms with Crippen LogP contribution in [0.15, 0.2) is 6.07 Å². The third-order valence-electron chi connectivity index (χ3n) is 1.80. The summed E-state index contributed by atoms with van der Waals surface area (Å²) in [5.41, 5.74) is -0.453. The number of rotatable bonds is 4. The molecule has 8 heteroatoms. The van der Waals surface area contributed by atoms with Gasteiger partial charge in [0.1, 0.15) is 0 Å². The highest BCUT2D eigenvalue weighted by atomic mass is 79.9. The molecule has 0 saturated heterocycles. The maximum atomic E-state index is 12.6. The molecule has 0 atom stereocenters. The lowest BCUT2D eigenvalue weighted by Crippen LogP contribution is -2.03. The van der Waals surface area contributed by atoms with E-state index >= 15 is 0 Å². The van der Waals surface area contributed by atoms with Gasteiger partial charge < -0.3 is 14.9 Å². The van der Waals surface area contributed by atoms with Crippen molar-refractivity contribution in [1.82, 2.24) is 4.98 Å². The lowest BCUT2D eigenvalue weighted by atomic mass is 10.2. The van der Waals surface area contributed by atoms with Crippen LogP contribution >= 0.6 is 15.9 Å². The number of ether oxygens (including phenoxy) is 1. The molecular formula is C8H7BrF2N2O3. The standard InChI is InChI=1S/C8H7BrF2N2O3/c1-16-7-4(3-9)2-5(13(14)15)12-6(7)8(10)11/h2,8H,3H2,1H3. The van der Waals surface area contributed by atoms with Crippen molar-refractivity contribution in [2.24, 2.45) is 0 Å². The highest BCUT2D eigenvalue weighted by Crippen LogP contribution is 2.33. The van der Waals surface area contributed by atoms with Crippen molar-refractivity contribution < 1.29 is 18.4 Å². The lowest BCUT2D eigenvalue weighted by molar-refractivity contribution is -0.389. The molecule has 0 bridgehead atoms. The molecule has 0 aromatic carbocycles. The molecule has 0 aliphatic carbocycles. The monoisotopic (exact) mass is 296 g/mol. The number of hydrogen-bond donors (Lipinski definition) is 0. The fourth-order valence-corrected chi connectivity index (χ4v) is 1.59. The molecule has 1 aromatic rings. The molecule has 88 valence electrons. The topological polar surface area (TPSA) is 65.3 Å². The molecule has 0 aliphatic rings. The van der Waals surface area contributed by atoms with E-state index in [2.05, 4.69) is 20.9 Å². The van der Waals surface area contributed by atoms with E-state index < -0.39 is 22.9 Å². The maximum Gasteiger partial charge on any atom is 0.364 e. The Balaban J connectivity index is 3.43. The summed E-state index contributed by atoms with van der Waals surface area (Å²) >= 11 is 3.04. The van der Waals surface area contributed by atoms with Crippen molar-refractivity contribution in [2.45, 2.75) is 11.8 Å². The molecule has 0 unspecified atom stereocenters. The first-order valence-electron chi connectivity index (χ1n) is 4.07. The molecule has 0 saturated carbocycles. The zero-order chi connectivity index (χ0) is 12.3. The van der Waals surface area contributed by atoms with Crippen LogP contribution < -0.4 is 4.74 Å². The molecule has 0 fully saturated rings. The van der Waals surface area contributed by atoms with Crippen LogP contribution in [0.4, 0.5) is 14.6 Å². The molecular weight excluding hydrogens is 290 g/mol. The Morgan fingerprint density at radius 1 is 1.69 bits per heavy atom. The van der Waals surface area contributed by atoms with E-state index in [1.165, 1.54) is 7.11 Å². The molecule has 1 aromatic heterocycles. The van der Waals surface area contributed by atoms with Gasteiger partial charge in [0.05, 0.1) is 7.11 Å². The van der Waals surface area contributed by atoms with Gasteiger partial charge in [0.2, 0.25) is 0 Å². The van der Waals surface area contributed by atoms with Gasteiger partial charge in [-0.2, -0.15) is 0 Å². The minimum Gasteiger partial charge on any atom is -0.492 e. The Bertz CT molecular complexity index is 415. The minimum absolute atomic E-state index is 0.127. The van der Waals surface area contributed by atoms with E-state index in [1.807, 2.05) is 0 Å². The van der Waals surface area contributed by atoms with Gasteiger partial charge in [0.25, 0.3) is 5.69 Å². The smallest absolute Gasteiger partial charge is 0.364 e. The third kappa shape index (κ3) is 2.43. The van der Waals surface area contributed by atoms with Gasteiger partial charge >= 0.3 is 12.2 Å². The highest BCUT2D eigenvalue weighted by Gasteiger charge is 2.27. The molecule has 1 heterocycles. The summed E-state index contributed by atoms with van der Waals surface area (Å²) in [6.07, 6.45) is -2.92. The average Bonchev–Trinajstić information content (AvgIpc) is 2.26. The van der Waals surface area contributed by atoms with Gasteiger partial charge in [-0.1, -0.05) is 15.9 Å². The summed E-state index contributed by atoms with van der Waals surface area (Å²) in [6.45, 7) is 0. The Morgan fingerprint density at radius 2 is 2.31 bits per heavy atom. The van der Waals surface area contributed by atoms with Crippen molar-refractivity contribution in [3.63, 3.8) is 0 Å². The molecule has 0 radical (unpaired) electrons. The predicted molar refractivity (Wildman–Crippen MR) is 55.0 cm³/mol. The van der Waals surface area contributed by atoms with Crippen molar-refractivity contribution >= 4 is 21.7 Å². The van der Waals surface area contributed by atoms with E-state index in [0.29, 0.717) is 0 Å². The van der Waals surface area contributed by atoms with Gasteiger partial charge in [-0.15, -0.1) is 0 Å². The summed E-state index contributed by atoms with van der Waals surface area (Å²) in [6, 6.07) is 1.10. The zero-order valence-electron chi connectivity index (χ0n) is 8.11. The van der Waals surface area contributed by atoms with Crippen LogP contribution in [0.2, 0.25) is 0 Å². The Hall–Kier alpha value is -1.31. The molecule has 0 amide bonds. The van der Waals surface area contributed by atoms with E-state index in [9.17, 15) is 18.9 Å². The summed E-state index contributed by atoms with van der Waals surface area (Å²) in [7, 11) is 1.21. The summed E-state index contributed by atoms with van der Waals surface area (Å²) < 4.78 is 30.0. The SMILES string of the molecule is COc1c(CBr)cc([N+](=O)[O-])nc1C(F)F. The van der Waals surface area contributed by atoms with Crippen LogP contribution in [0.1, 0.15) is 17.7 Å². The second-order valence-corrected chi connectivity index (χ2v) is 3.31. The van der Waals surface area contributed by atoms with Gasteiger partial charge in [-0.05, 0) is 9.91 Å². The number of pyridine rings is 1. The second-order valence-electron chi connectivity index (χ2n) is 2.75. The van der Waals surface area contributed by atoms with Crippen LogP contribution in [0.5, 0.6) is 5.75 Å². The largest absolute Gasteiger partial charge is 0.492 e. The first-order chi connectivity index (χ1) is 7.51. The van der Waals surface area contributed by atoms with Gasteiger partial charge in [-0.25, -0.2) is 8.78 Å². The Morgan fingerprint density at radius 3 is 2.69 bits per heavy atom. The lowest BCUT2D eigenvalue weighted by Gasteiger charge is -2.07. The number of nitro groups is 1. The highest BCUT2D eigenvalue weighted by molar-refractivity contribution is 9.08. The van der Waals surface area contributed by atoms with Crippen molar-refractivity contribution in [3.8, 4) is 5.75 Å². The maximum absolute atomic E-state index is 12.6. The fourth-order valence-electron chi connectivity index (χ4n) is 1.17. The van der Waals surface area contributed by atoms with Crippen LogP contribution in [0.25, 0.3) is 0 Å². The molecule has 0 N–H and O–H groups in total. The first kappa shape index (κ1) is 12.8. The van der Waals surface area contributed by atoms with Crippen molar-refractivity contribution in [1.29, 1.82) is 0 Å². The molecule has 0 aliphatic heterocycles. The predicted octanol–water partition coefficient (Wildman–Crippen LogP) is 2.83. The van der Waals surface area contributed by atoms with Gasteiger partial charge in [-0.3, -0.25) is 0 Å². The summed E-state index contributed by atoms with van der Waals surface area (Å²) in [5, 5.41) is 10.7. The van der Waals surface area contributed by atoms with Crippen molar-refractivity contribution in [2.75, 3.05) is 7.11 Å². The number of aromatic nitrogens is 1. The molecule has 0 spiro atoms. The first-order valence-corrected chi connectivity index (χ1v) is 5.19. The molecule has 16 heavy (non-hydrogen) atoms. The number of methoxy groups -OCH3 is 1. The Kier molecular flexibility index (Phi) is 4.11. The molecule has 1 rings (SSSR count). The number of nitrogens with zero attached hydrogens (tertiary/aromatic N) is 2. The van der Waals surface area contributed by atoms with E-state index in [1.54, 1.807) is 0 Å². The summed E-state index contributed by atoms with van der Waals surface area (Å²) in [4.78, 5) is 12.9. The summed E-state index contributed by atoms with van der Waals surface area (Å²) in [5.74, 6) is -0.747. The van der Waals surface area contributed by atoms with Crippen LogP contribution in [-0.2, 0) is 5.33 Å². The number of halogens is 3. The minimum atomic E-state index is -2.92. The van der Waals surface area contributed by atoms with Crippen molar-refractivity contribution in [3.05, 3.63) is 27.4 Å². The van der Waals surface area contributed by atoms with Crippen LogP contribution in [-0.4, -0.2) is 17.0 Å². The van der Waals surface area contributed by atoms with E-state index in [4.69, 9.17) is 4.74 Å². The normalized spacial score (nSPS) is 10.6. The number of hydrogen-bond acceptors (Lipinski definition) is 4. The zero-order valence-corrected chi connectivity index (χ0v) is 9.70. The van der Waals surface area contributed by atoms with Crippen LogP contribution in [0, 0.1) is 10.1 Å². The second kappa shape index (κ2) is 5.15. The Labute approximate surface area is 97.7 Å². The van der Waals surface area contributed by atoms with Gasteiger partial charge in [0.15, 0.2) is 5.75 Å². The average molecular weight is 297 g/mol. The van der Waals surface area contributed by atoms with Gasteiger partial charge in [0, 0.05) is 17.0 Å². The van der Waals surface area contributed by atoms with E-state index in [-0.39, 0.29) is 16.6 Å². The fraction of sp³-hybridized carbons (Fsp3) is 0.375. The quantitative estimate of drug-likeness (QED) is 0.487. The molecule has 5 nitrogen and oxygen atoms in total. The van der Waals surface area contributed by atoms with E-state index in [0.717, 1.165) is 6.07 Å². The van der Waals surface area contributed by atoms with Crippen LogP contribution in [0.3, 0.4) is 0 Å². The third-order valence-corrected chi connectivity index (χ3v) is 2.41.